The lowest BCUT2D eigenvalue weighted by Crippen LogP contribution is -2.10. The molecule has 0 saturated carbocycles. The number of benzene rings is 3. The van der Waals surface area contributed by atoms with E-state index in [-0.39, 0.29) is 0 Å². The summed E-state index contributed by atoms with van der Waals surface area (Å²) in [7, 11) is 0. The predicted octanol–water partition coefficient (Wildman–Crippen LogP) is 5.18. The predicted molar refractivity (Wildman–Crippen MR) is 108 cm³/mol. The highest BCUT2D eigenvalue weighted by Gasteiger charge is 2.12. The van der Waals surface area contributed by atoms with Crippen LogP contribution in [0, 0.1) is 0 Å². The number of ether oxygens (including phenoxy) is 2. The average Bonchev–Trinajstić information content (AvgIpc) is 3.09. The number of nitrogens with zero attached hydrogens (tertiary/aromatic N) is 2. The molecule has 4 heteroatoms. The fourth-order valence-corrected chi connectivity index (χ4v) is 3.20. The van der Waals surface area contributed by atoms with Crippen molar-refractivity contribution in [1.29, 1.82) is 0 Å². The minimum absolute atomic E-state index is 0.532. The van der Waals surface area contributed by atoms with Crippen LogP contribution in [0.25, 0.3) is 22.4 Å². The zero-order valence-corrected chi connectivity index (χ0v) is 15.3. The maximum absolute atomic E-state index is 6.03. The highest BCUT2D eigenvalue weighted by atomic mass is 16.5. The molecule has 0 fully saturated rings. The summed E-state index contributed by atoms with van der Waals surface area (Å²) < 4.78 is 13.9. The molecule has 3 aromatic carbocycles. The molecular formula is C23H22N2O2. The number of rotatable bonds is 7. The van der Waals surface area contributed by atoms with Crippen molar-refractivity contribution in [3.8, 4) is 22.9 Å². The third kappa shape index (κ3) is 3.65. The fraction of sp³-hybridized carbons (Fsp3) is 0.174. The van der Waals surface area contributed by atoms with Gasteiger partial charge in [0.05, 0.1) is 24.2 Å². The van der Waals surface area contributed by atoms with E-state index in [0.717, 1.165) is 33.9 Å². The Morgan fingerprint density at radius 3 is 2.22 bits per heavy atom. The van der Waals surface area contributed by atoms with Gasteiger partial charge in [0.15, 0.2) is 11.5 Å². The highest BCUT2D eigenvalue weighted by molar-refractivity contribution is 5.80. The second kappa shape index (κ2) is 7.96. The topological polar surface area (TPSA) is 36.3 Å². The van der Waals surface area contributed by atoms with Gasteiger partial charge in [-0.2, -0.15) is 0 Å². The zero-order chi connectivity index (χ0) is 18.5. The molecule has 0 atom stereocenters. The molecule has 0 aliphatic carbocycles. The van der Waals surface area contributed by atoms with Gasteiger partial charge < -0.3 is 14.0 Å². The van der Waals surface area contributed by atoms with Gasteiger partial charge in [0.1, 0.15) is 12.4 Å². The number of para-hydroxylation sites is 4. The molecule has 0 saturated heterocycles. The molecule has 0 N–H and O–H groups in total. The molecule has 0 aliphatic rings. The summed E-state index contributed by atoms with van der Waals surface area (Å²) in [6.45, 7) is 3.82. The van der Waals surface area contributed by atoms with Gasteiger partial charge in [-0.25, -0.2) is 4.98 Å². The van der Waals surface area contributed by atoms with Crippen molar-refractivity contribution in [1.82, 2.24) is 9.55 Å². The first-order valence-corrected chi connectivity index (χ1v) is 9.22. The summed E-state index contributed by atoms with van der Waals surface area (Å²) in [5.41, 5.74) is 3.20. The van der Waals surface area contributed by atoms with Crippen molar-refractivity contribution in [2.45, 2.75) is 13.5 Å². The van der Waals surface area contributed by atoms with Gasteiger partial charge in [0.2, 0.25) is 0 Å². The molecule has 0 bridgehead atoms. The van der Waals surface area contributed by atoms with Crippen molar-refractivity contribution < 1.29 is 9.47 Å². The monoisotopic (exact) mass is 358 g/mol. The lowest BCUT2D eigenvalue weighted by atomic mass is 10.2. The zero-order valence-electron chi connectivity index (χ0n) is 15.3. The molecule has 0 unspecified atom stereocenters. The van der Waals surface area contributed by atoms with E-state index in [9.17, 15) is 0 Å². The summed E-state index contributed by atoms with van der Waals surface area (Å²) in [6, 6.07) is 26.2. The van der Waals surface area contributed by atoms with Gasteiger partial charge in [-0.1, -0.05) is 54.6 Å². The van der Waals surface area contributed by atoms with Gasteiger partial charge in [0, 0.05) is 5.56 Å². The summed E-state index contributed by atoms with van der Waals surface area (Å²) in [4.78, 5) is 4.84. The Morgan fingerprint density at radius 2 is 1.44 bits per heavy atom. The molecule has 0 aliphatic heterocycles. The van der Waals surface area contributed by atoms with Crippen LogP contribution < -0.4 is 9.47 Å². The molecule has 4 aromatic rings. The van der Waals surface area contributed by atoms with Crippen LogP contribution in [0.15, 0.2) is 78.9 Å². The summed E-state index contributed by atoms with van der Waals surface area (Å²) in [6.07, 6.45) is 0. The lowest BCUT2D eigenvalue weighted by molar-refractivity contribution is 0.268. The van der Waals surface area contributed by atoms with E-state index in [1.807, 2.05) is 67.6 Å². The largest absolute Gasteiger partial charge is 0.490 e. The quantitative estimate of drug-likeness (QED) is 0.457. The van der Waals surface area contributed by atoms with Crippen LogP contribution in [0.5, 0.6) is 11.5 Å². The summed E-state index contributed by atoms with van der Waals surface area (Å²) in [5.74, 6) is 2.50. The second-order valence-corrected chi connectivity index (χ2v) is 6.17. The van der Waals surface area contributed by atoms with Gasteiger partial charge in [-0.05, 0) is 31.2 Å². The van der Waals surface area contributed by atoms with E-state index >= 15 is 0 Å². The molecule has 136 valence electrons. The minimum atomic E-state index is 0.532. The van der Waals surface area contributed by atoms with Crippen LogP contribution >= 0.6 is 0 Å². The number of fused-ring (bicyclic) bond motifs is 1. The van der Waals surface area contributed by atoms with Crippen LogP contribution in [0.3, 0.4) is 0 Å². The molecule has 1 heterocycles. The van der Waals surface area contributed by atoms with E-state index in [2.05, 4.69) is 22.8 Å². The van der Waals surface area contributed by atoms with Crippen LogP contribution in [0.1, 0.15) is 6.92 Å². The second-order valence-electron chi connectivity index (χ2n) is 6.17. The van der Waals surface area contributed by atoms with Crippen molar-refractivity contribution in [3.63, 3.8) is 0 Å². The Balaban J connectivity index is 1.60. The Bertz CT molecular complexity index is 1020. The molecule has 0 radical (unpaired) electrons. The molecule has 1 aromatic heterocycles. The lowest BCUT2D eigenvalue weighted by Gasteiger charge is -2.13. The number of hydrogen-bond donors (Lipinski definition) is 0. The summed E-state index contributed by atoms with van der Waals surface area (Å²) >= 11 is 0. The van der Waals surface area contributed by atoms with Crippen LogP contribution in [-0.2, 0) is 6.54 Å². The minimum Gasteiger partial charge on any atom is -0.490 e. The van der Waals surface area contributed by atoms with E-state index in [1.165, 1.54) is 0 Å². The number of imidazole rings is 1. The van der Waals surface area contributed by atoms with Crippen LogP contribution in [0.2, 0.25) is 0 Å². The first-order chi connectivity index (χ1) is 13.4. The maximum Gasteiger partial charge on any atom is 0.161 e. The van der Waals surface area contributed by atoms with Crippen molar-refractivity contribution in [2.24, 2.45) is 0 Å². The number of hydrogen-bond acceptors (Lipinski definition) is 3. The van der Waals surface area contributed by atoms with E-state index in [0.29, 0.717) is 19.8 Å². The van der Waals surface area contributed by atoms with E-state index in [1.54, 1.807) is 0 Å². The molecule has 4 rings (SSSR count). The average molecular weight is 358 g/mol. The molecular weight excluding hydrogens is 336 g/mol. The van der Waals surface area contributed by atoms with Crippen LogP contribution in [-0.4, -0.2) is 22.8 Å². The Kier molecular flexibility index (Phi) is 5.06. The normalized spacial score (nSPS) is 10.9. The van der Waals surface area contributed by atoms with Crippen molar-refractivity contribution in [3.05, 3.63) is 78.9 Å². The van der Waals surface area contributed by atoms with Crippen molar-refractivity contribution in [2.75, 3.05) is 13.2 Å². The SMILES string of the molecule is CCOc1ccccc1OCCn1c(-c2ccccc2)nc2ccccc21. The smallest absolute Gasteiger partial charge is 0.161 e. The van der Waals surface area contributed by atoms with Gasteiger partial charge in [0.25, 0.3) is 0 Å². The molecule has 0 spiro atoms. The Hall–Kier alpha value is -3.27. The molecule has 4 nitrogen and oxygen atoms in total. The fourth-order valence-electron chi connectivity index (χ4n) is 3.20. The van der Waals surface area contributed by atoms with Gasteiger partial charge in [-0.3, -0.25) is 0 Å². The molecule has 27 heavy (non-hydrogen) atoms. The third-order valence-electron chi connectivity index (χ3n) is 4.41. The van der Waals surface area contributed by atoms with E-state index < -0.39 is 0 Å². The van der Waals surface area contributed by atoms with Crippen LogP contribution in [0.4, 0.5) is 0 Å². The standard InChI is InChI=1S/C23H22N2O2/c1-2-26-21-14-8-9-15-22(21)27-17-16-25-20-13-7-6-12-19(20)24-23(25)18-10-4-3-5-11-18/h3-15H,2,16-17H2,1H3. The Morgan fingerprint density at radius 1 is 0.778 bits per heavy atom. The first-order valence-electron chi connectivity index (χ1n) is 9.22. The number of aromatic nitrogens is 2. The Labute approximate surface area is 159 Å². The molecule has 0 amide bonds. The maximum atomic E-state index is 6.03. The summed E-state index contributed by atoms with van der Waals surface area (Å²) in [5, 5.41) is 0. The third-order valence-corrected chi connectivity index (χ3v) is 4.41. The van der Waals surface area contributed by atoms with Gasteiger partial charge in [-0.15, -0.1) is 0 Å². The van der Waals surface area contributed by atoms with Crippen molar-refractivity contribution >= 4 is 11.0 Å². The van der Waals surface area contributed by atoms with E-state index in [4.69, 9.17) is 14.5 Å². The first kappa shape index (κ1) is 17.2. The van der Waals surface area contributed by atoms with Gasteiger partial charge >= 0.3 is 0 Å². The highest BCUT2D eigenvalue weighted by Crippen LogP contribution is 2.27.